The number of carbonyl (C=O) groups is 1. The van der Waals surface area contributed by atoms with Crippen LogP contribution in [0.25, 0.3) is 0 Å². The summed E-state index contributed by atoms with van der Waals surface area (Å²) >= 11 is 0. The lowest BCUT2D eigenvalue weighted by atomic mass is 10.2. The van der Waals surface area contributed by atoms with Crippen LogP contribution in [0.15, 0.2) is 18.2 Å². The molecule has 0 spiro atoms. The third-order valence-electron chi connectivity index (χ3n) is 3.30. The topological polar surface area (TPSA) is 73.6 Å². The number of carbonyl (C=O) groups excluding carboxylic acids is 1. The summed E-state index contributed by atoms with van der Waals surface area (Å²) in [7, 11) is 1.57. The van der Waals surface area contributed by atoms with E-state index >= 15 is 0 Å². The first-order chi connectivity index (χ1) is 9.19. The van der Waals surface area contributed by atoms with Crippen LogP contribution in [-0.4, -0.2) is 25.7 Å². The van der Waals surface area contributed by atoms with Gasteiger partial charge in [0.25, 0.3) is 5.91 Å². The first kappa shape index (κ1) is 13.5. The van der Waals surface area contributed by atoms with Crippen LogP contribution < -0.4 is 20.5 Å². The second kappa shape index (κ2) is 6.31. The van der Waals surface area contributed by atoms with E-state index in [0.717, 1.165) is 12.8 Å². The second-order valence-corrected chi connectivity index (χ2v) is 4.74. The SMILES string of the molecule is COc1ccc(OCC(=O)NC2CCCC2)c(N)c1. The largest absolute Gasteiger partial charge is 0.497 e. The summed E-state index contributed by atoms with van der Waals surface area (Å²) in [6.07, 6.45) is 4.52. The molecule has 0 heterocycles. The van der Waals surface area contributed by atoms with E-state index in [0.29, 0.717) is 23.2 Å². The Balaban J connectivity index is 1.82. The molecule has 0 aliphatic heterocycles. The summed E-state index contributed by atoms with van der Waals surface area (Å²) in [5, 5.41) is 2.96. The van der Waals surface area contributed by atoms with E-state index in [4.69, 9.17) is 15.2 Å². The molecule has 19 heavy (non-hydrogen) atoms. The van der Waals surface area contributed by atoms with Gasteiger partial charge < -0.3 is 20.5 Å². The second-order valence-electron chi connectivity index (χ2n) is 4.74. The monoisotopic (exact) mass is 264 g/mol. The van der Waals surface area contributed by atoms with Gasteiger partial charge in [0.05, 0.1) is 12.8 Å². The molecule has 0 unspecified atom stereocenters. The quantitative estimate of drug-likeness (QED) is 0.794. The van der Waals surface area contributed by atoms with Crippen LogP contribution in [0.3, 0.4) is 0 Å². The number of benzene rings is 1. The molecular weight excluding hydrogens is 244 g/mol. The van der Waals surface area contributed by atoms with Gasteiger partial charge in [-0.1, -0.05) is 12.8 Å². The minimum Gasteiger partial charge on any atom is -0.497 e. The maximum atomic E-state index is 11.7. The van der Waals surface area contributed by atoms with E-state index in [1.807, 2.05) is 0 Å². The highest BCUT2D eigenvalue weighted by Gasteiger charge is 2.17. The van der Waals surface area contributed by atoms with Gasteiger partial charge in [0.15, 0.2) is 6.61 Å². The Morgan fingerprint density at radius 3 is 2.79 bits per heavy atom. The number of nitrogens with one attached hydrogen (secondary N) is 1. The van der Waals surface area contributed by atoms with E-state index in [-0.39, 0.29) is 12.5 Å². The van der Waals surface area contributed by atoms with Crippen molar-refractivity contribution in [1.82, 2.24) is 5.32 Å². The van der Waals surface area contributed by atoms with Crippen molar-refractivity contribution < 1.29 is 14.3 Å². The first-order valence-electron chi connectivity index (χ1n) is 6.54. The highest BCUT2D eigenvalue weighted by Crippen LogP contribution is 2.26. The maximum absolute atomic E-state index is 11.7. The van der Waals surface area contributed by atoms with Crippen molar-refractivity contribution in [3.8, 4) is 11.5 Å². The van der Waals surface area contributed by atoms with Gasteiger partial charge >= 0.3 is 0 Å². The Labute approximate surface area is 113 Å². The predicted molar refractivity (Wildman–Crippen MR) is 73.3 cm³/mol. The lowest BCUT2D eigenvalue weighted by molar-refractivity contribution is -0.123. The molecule has 2 rings (SSSR count). The Kier molecular flexibility index (Phi) is 4.49. The molecule has 1 saturated carbocycles. The van der Waals surface area contributed by atoms with E-state index in [1.54, 1.807) is 25.3 Å². The number of anilines is 1. The zero-order valence-electron chi connectivity index (χ0n) is 11.1. The number of ether oxygens (including phenoxy) is 2. The van der Waals surface area contributed by atoms with E-state index < -0.39 is 0 Å². The van der Waals surface area contributed by atoms with Gasteiger partial charge in [-0.2, -0.15) is 0 Å². The van der Waals surface area contributed by atoms with Crippen LogP contribution in [0.2, 0.25) is 0 Å². The number of methoxy groups -OCH3 is 1. The van der Waals surface area contributed by atoms with Crippen LogP contribution in [0.1, 0.15) is 25.7 Å². The molecule has 1 aromatic carbocycles. The standard InChI is InChI=1S/C14H20N2O3/c1-18-11-6-7-13(12(15)8-11)19-9-14(17)16-10-4-2-3-5-10/h6-8,10H,2-5,9,15H2,1H3,(H,16,17). The molecule has 1 amide bonds. The fourth-order valence-corrected chi connectivity index (χ4v) is 2.27. The summed E-state index contributed by atoms with van der Waals surface area (Å²) in [5.41, 5.74) is 6.28. The Morgan fingerprint density at radius 2 is 2.16 bits per heavy atom. The Bertz CT molecular complexity index is 442. The highest BCUT2D eigenvalue weighted by molar-refractivity contribution is 5.78. The highest BCUT2D eigenvalue weighted by atomic mass is 16.5. The molecule has 1 aliphatic rings. The smallest absolute Gasteiger partial charge is 0.258 e. The van der Waals surface area contributed by atoms with Crippen molar-refractivity contribution in [2.75, 3.05) is 19.5 Å². The Morgan fingerprint density at radius 1 is 1.42 bits per heavy atom. The van der Waals surface area contributed by atoms with Gasteiger partial charge in [-0.05, 0) is 25.0 Å². The van der Waals surface area contributed by atoms with Gasteiger partial charge in [0.1, 0.15) is 11.5 Å². The summed E-state index contributed by atoms with van der Waals surface area (Å²) < 4.78 is 10.5. The minimum atomic E-state index is -0.0953. The van der Waals surface area contributed by atoms with E-state index in [2.05, 4.69) is 5.32 Å². The lowest BCUT2D eigenvalue weighted by Gasteiger charge is -2.13. The molecule has 5 heteroatoms. The molecule has 104 valence electrons. The van der Waals surface area contributed by atoms with Crippen LogP contribution >= 0.6 is 0 Å². The van der Waals surface area contributed by atoms with Crippen LogP contribution in [0, 0.1) is 0 Å². The fourth-order valence-electron chi connectivity index (χ4n) is 2.27. The van der Waals surface area contributed by atoms with Gasteiger partial charge in [-0.3, -0.25) is 4.79 Å². The van der Waals surface area contributed by atoms with Gasteiger partial charge in [-0.25, -0.2) is 0 Å². The number of amides is 1. The van der Waals surface area contributed by atoms with E-state index in [1.165, 1.54) is 12.8 Å². The number of hydrogen-bond acceptors (Lipinski definition) is 4. The third-order valence-corrected chi connectivity index (χ3v) is 3.30. The maximum Gasteiger partial charge on any atom is 0.258 e. The zero-order valence-corrected chi connectivity index (χ0v) is 11.1. The van der Waals surface area contributed by atoms with Crippen molar-refractivity contribution in [2.45, 2.75) is 31.7 Å². The van der Waals surface area contributed by atoms with Gasteiger partial charge in [0, 0.05) is 12.1 Å². The molecule has 0 radical (unpaired) electrons. The van der Waals surface area contributed by atoms with Crippen molar-refractivity contribution in [2.24, 2.45) is 0 Å². The summed E-state index contributed by atoms with van der Waals surface area (Å²) in [4.78, 5) is 11.7. The molecule has 0 bridgehead atoms. The van der Waals surface area contributed by atoms with Crippen molar-refractivity contribution in [3.05, 3.63) is 18.2 Å². The molecular formula is C14H20N2O3. The predicted octanol–water partition coefficient (Wildman–Crippen LogP) is 1.71. The average molecular weight is 264 g/mol. The van der Waals surface area contributed by atoms with Gasteiger partial charge in [0.2, 0.25) is 0 Å². The average Bonchev–Trinajstić information content (AvgIpc) is 2.90. The summed E-state index contributed by atoms with van der Waals surface area (Å²) in [5.74, 6) is 1.07. The number of hydrogen-bond donors (Lipinski definition) is 2. The Hall–Kier alpha value is -1.91. The molecule has 1 aromatic rings. The van der Waals surface area contributed by atoms with Crippen molar-refractivity contribution in [1.29, 1.82) is 0 Å². The zero-order chi connectivity index (χ0) is 13.7. The number of rotatable bonds is 5. The summed E-state index contributed by atoms with van der Waals surface area (Å²) in [6.45, 7) is -0.00692. The van der Waals surface area contributed by atoms with Crippen molar-refractivity contribution >= 4 is 11.6 Å². The molecule has 1 aliphatic carbocycles. The first-order valence-corrected chi connectivity index (χ1v) is 6.54. The van der Waals surface area contributed by atoms with Crippen LogP contribution in [-0.2, 0) is 4.79 Å². The van der Waals surface area contributed by atoms with E-state index in [9.17, 15) is 4.79 Å². The third kappa shape index (κ3) is 3.77. The molecule has 0 aromatic heterocycles. The summed E-state index contributed by atoms with van der Waals surface area (Å²) in [6, 6.07) is 5.44. The molecule has 0 atom stereocenters. The minimum absolute atomic E-state index is 0.00692. The van der Waals surface area contributed by atoms with Gasteiger partial charge in [-0.15, -0.1) is 0 Å². The lowest BCUT2D eigenvalue weighted by Crippen LogP contribution is -2.36. The van der Waals surface area contributed by atoms with Crippen molar-refractivity contribution in [3.63, 3.8) is 0 Å². The normalized spacial score (nSPS) is 15.2. The number of nitrogen functional groups attached to an aromatic ring is 1. The molecule has 5 nitrogen and oxygen atoms in total. The van der Waals surface area contributed by atoms with Crippen LogP contribution in [0.4, 0.5) is 5.69 Å². The van der Waals surface area contributed by atoms with Crippen LogP contribution in [0.5, 0.6) is 11.5 Å². The number of nitrogens with two attached hydrogens (primary N) is 1. The molecule has 3 N–H and O–H groups in total. The molecule has 0 saturated heterocycles. The fraction of sp³-hybridized carbons (Fsp3) is 0.500. The molecule has 1 fully saturated rings.